The smallest absolute Gasteiger partial charge is 0.175 e. The highest BCUT2D eigenvalue weighted by molar-refractivity contribution is 9.08. The third-order valence-corrected chi connectivity index (χ3v) is 3.59. The molecule has 2 nitrogen and oxygen atoms in total. The van der Waals surface area contributed by atoms with Crippen LogP contribution < -0.4 is 0 Å². The fourth-order valence-corrected chi connectivity index (χ4v) is 2.85. The molecule has 0 aliphatic rings. The molecule has 86 valence electrons. The molecular formula is C10H14BrClO2S. The van der Waals surface area contributed by atoms with Crippen molar-refractivity contribution >= 4 is 37.4 Å². The van der Waals surface area contributed by atoms with Crippen molar-refractivity contribution in [1.29, 1.82) is 0 Å². The number of halogens is 2. The second kappa shape index (κ2) is 6.51. The monoisotopic (exact) mass is 312 g/mol. The van der Waals surface area contributed by atoms with E-state index in [1.54, 1.807) is 12.1 Å². The maximum atomic E-state index is 11.3. The van der Waals surface area contributed by atoms with Crippen molar-refractivity contribution in [2.75, 3.05) is 6.26 Å². The Bertz CT molecular complexity index is 415. The average Bonchev–Trinajstić information content (AvgIpc) is 2.19. The van der Waals surface area contributed by atoms with Crippen LogP contribution in [0.4, 0.5) is 0 Å². The lowest BCUT2D eigenvalue weighted by Gasteiger charge is -2.04. The number of hydrogen-bond acceptors (Lipinski definition) is 2. The van der Waals surface area contributed by atoms with Crippen LogP contribution in [0.15, 0.2) is 23.1 Å². The van der Waals surface area contributed by atoms with E-state index in [9.17, 15) is 8.42 Å². The minimum absolute atomic E-state index is 0.289. The molecule has 0 saturated heterocycles. The summed E-state index contributed by atoms with van der Waals surface area (Å²) < 4.78 is 22.6. The highest BCUT2D eigenvalue weighted by Gasteiger charge is 2.12. The highest BCUT2D eigenvalue weighted by Crippen LogP contribution is 2.22. The Balaban J connectivity index is 0.000000921. The van der Waals surface area contributed by atoms with Crippen LogP contribution in [-0.2, 0) is 15.2 Å². The van der Waals surface area contributed by atoms with Gasteiger partial charge in [-0.2, -0.15) is 0 Å². The molecule has 0 aliphatic heterocycles. The van der Waals surface area contributed by atoms with Gasteiger partial charge in [0, 0.05) is 16.6 Å². The van der Waals surface area contributed by atoms with E-state index in [1.165, 1.54) is 12.3 Å². The Labute approximate surface area is 105 Å². The highest BCUT2D eigenvalue weighted by atomic mass is 79.9. The van der Waals surface area contributed by atoms with E-state index in [0.29, 0.717) is 10.4 Å². The fourth-order valence-electron chi connectivity index (χ4n) is 0.984. The van der Waals surface area contributed by atoms with Crippen LogP contribution in [0.1, 0.15) is 19.4 Å². The van der Waals surface area contributed by atoms with Gasteiger partial charge in [-0.05, 0) is 17.7 Å². The zero-order valence-electron chi connectivity index (χ0n) is 8.92. The summed E-state index contributed by atoms with van der Waals surface area (Å²) in [5.41, 5.74) is 0.729. The van der Waals surface area contributed by atoms with Crippen LogP contribution >= 0.6 is 27.5 Å². The fraction of sp³-hybridized carbons (Fsp3) is 0.400. The Kier molecular flexibility index (Phi) is 6.48. The standard InChI is InChI=1S/C8H8BrClO2S.C2H6/c1-13(11,12)8-4-7(10)3-2-6(8)5-9;1-2/h2-4H,5H2,1H3;1-2H3. The first kappa shape index (κ1) is 14.9. The SMILES string of the molecule is CC.CS(=O)(=O)c1cc(Cl)ccc1CBr. The second-order valence-electron chi connectivity index (χ2n) is 2.66. The van der Waals surface area contributed by atoms with Gasteiger partial charge in [-0.25, -0.2) is 8.42 Å². The molecule has 5 heteroatoms. The number of sulfone groups is 1. The summed E-state index contributed by atoms with van der Waals surface area (Å²) >= 11 is 8.92. The molecule has 0 fully saturated rings. The summed E-state index contributed by atoms with van der Waals surface area (Å²) in [6.07, 6.45) is 1.17. The quantitative estimate of drug-likeness (QED) is 0.781. The summed E-state index contributed by atoms with van der Waals surface area (Å²) in [6.45, 7) is 4.00. The van der Waals surface area contributed by atoms with Crippen molar-refractivity contribution in [2.45, 2.75) is 24.1 Å². The Morgan fingerprint density at radius 3 is 2.27 bits per heavy atom. The molecule has 0 atom stereocenters. The molecule has 0 radical (unpaired) electrons. The van der Waals surface area contributed by atoms with Crippen molar-refractivity contribution < 1.29 is 8.42 Å². The maximum Gasteiger partial charge on any atom is 0.175 e. The van der Waals surface area contributed by atoms with Crippen molar-refractivity contribution in [3.8, 4) is 0 Å². The van der Waals surface area contributed by atoms with Gasteiger partial charge in [-0.15, -0.1) is 0 Å². The Hall–Kier alpha value is -0.0600. The molecule has 1 rings (SSSR count). The van der Waals surface area contributed by atoms with Gasteiger partial charge in [0.25, 0.3) is 0 Å². The molecular weight excluding hydrogens is 300 g/mol. The third-order valence-electron chi connectivity index (χ3n) is 1.57. The lowest BCUT2D eigenvalue weighted by molar-refractivity contribution is 0.601. The molecule has 0 N–H and O–H groups in total. The predicted octanol–water partition coefficient (Wildman–Crippen LogP) is 3.66. The Morgan fingerprint density at radius 1 is 1.33 bits per heavy atom. The van der Waals surface area contributed by atoms with Crippen molar-refractivity contribution in [3.63, 3.8) is 0 Å². The molecule has 0 unspecified atom stereocenters. The Morgan fingerprint density at radius 2 is 1.87 bits per heavy atom. The van der Waals surface area contributed by atoms with E-state index < -0.39 is 9.84 Å². The topological polar surface area (TPSA) is 34.1 Å². The predicted molar refractivity (Wildman–Crippen MR) is 68.5 cm³/mol. The van der Waals surface area contributed by atoms with Gasteiger partial charge >= 0.3 is 0 Å². The third kappa shape index (κ3) is 4.53. The van der Waals surface area contributed by atoms with Gasteiger partial charge in [-0.1, -0.05) is 47.4 Å². The molecule has 0 saturated carbocycles. The summed E-state index contributed by atoms with van der Waals surface area (Å²) in [5.74, 6) is 0. The average molecular weight is 314 g/mol. The summed E-state index contributed by atoms with van der Waals surface area (Å²) in [5, 5.41) is 0.942. The second-order valence-corrected chi connectivity index (χ2v) is 5.64. The van der Waals surface area contributed by atoms with Crippen LogP contribution in [0.25, 0.3) is 0 Å². The molecule has 0 aromatic heterocycles. The largest absolute Gasteiger partial charge is 0.224 e. The van der Waals surface area contributed by atoms with Gasteiger partial charge in [0.1, 0.15) is 0 Å². The summed E-state index contributed by atoms with van der Waals surface area (Å²) in [4.78, 5) is 0.289. The van der Waals surface area contributed by atoms with E-state index >= 15 is 0 Å². The van der Waals surface area contributed by atoms with Crippen LogP contribution in [0.3, 0.4) is 0 Å². The number of hydrogen-bond donors (Lipinski definition) is 0. The van der Waals surface area contributed by atoms with E-state index in [2.05, 4.69) is 15.9 Å². The van der Waals surface area contributed by atoms with E-state index in [1.807, 2.05) is 13.8 Å². The van der Waals surface area contributed by atoms with E-state index in [-0.39, 0.29) is 4.90 Å². The lowest BCUT2D eigenvalue weighted by Crippen LogP contribution is -2.00. The minimum atomic E-state index is -3.18. The molecule has 0 heterocycles. The normalized spacial score (nSPS) is 10.5. The van der Waals surface area contributed by atoms with Crippen LogP contribution in [-0.4, -0.2) is 14.7 Å². The zero-order chi connectivity index (χ0) is 12.1. The van der Waals surface area contributed by atoms with Crippen molar-refractivity contribution in [3.05, 3.63) is 28.8 Å². The molecule has 0 bridgehead atoms. The first-order valence-corrected chi connectivity index (χ1v) is 7.88. The van der Waals surface area contributed by atoms with E-state index in [4.69, 9.17) is 11.6 Å². The number of rotatable bonds is 2. The van der Waals surface area contributed by atoms with Gasteiger partial charge in [0.15, 0.2) is 9.84 Å². The van der Waals surface area contributed by atoms with Gasteiger partial charge in [-0.3, -0.25) is 0 Å². The number of benzene rings is 1. The van der Waals surface area contributed by atoms with Gasteiger partial charge in [0.05, 0.1) is 4.90 Å². The van der Waals surface area contributed by atoms with Crippen LogP contribution in [0.2, 0.25) is 5.02 Å². The molecule has 15 heavy (non-hydrogen) atoms. The lowest BCUT2D eigenvalue weighted by atomic mass is 10.2. The van der Waals surface area contributed by atoms with E-state index in [0.717, 1.165) is 5.56 Å². The van der Waals surface area contributed by atoms with Crippen molar-refractivity contribution in [1.82, 2.24) is 0 Å². The summed E-state index contributed by atoms with van der Waals surface area (Å²) in [7, 11) is -3.18. The van der Waals surface area contributed by atoms with Crippen LogP contribution in [0, 0.1) is 0 Å². The zero-order valence-corrected chi connectivity index (χ0v) is 12.1. The molecule has 1 aromatic carbocycles. The van der Waals surface area contributed by atoms with Crippen LogP contribution in [0.5, 0.6) is 0 Å². The van der Waals surface area contributed by atoms with Crippen molar-refractivity contribution in [2.24, 2.45) is 0 Å². The van der Waals surface area contributed by atoms with Gasteiger partial charge in [0.2, 0.25) is 0 Å². The maximum absolute atomic E-state index is 11.3. The molecule has 0 aliphatic carbocycles. The summed E-state index contributed by atoms with van der Waals surface area (Å²) in [6, 6.07) is 4.84. The molecule has 0 spiro atoms. The first-order chi connectivity index (χ1) is 6.95. The molecule has 0 amide bonds. The van der Waals surface area contributed by atoms with Gasteiger partial charge < -0.3 is 0 Å². The minimum Gasteiger partial charge on any atom is -0.224 e. The number of alkyl halides is 1. The molecule has 1 aromatic rings. The first-order valence-electron chi connectivity index (χ1n) is 4.49.